The van der Waals surface area contributed by atoms with Gasteiger partial charge in [-0.2, -0.15) is 0 Å². The number of nitrogens with one attached hydrogen (secondary N) is 2. The van der Waals surface area contributed by atoms with Crippen LogP contribution in [0.5, 0.6) is 0 Å². The van der Waals surface area contributed by atoms with Crippen molar-refractivity contribution in [2.75, 3.05) is 11.9 Å². The van der Waals surface area contributed by atoms with Gasteiger partial charge in [0.05, 0.1) is 16.2 Å². The van der Waals surface area contributed by atoms with Gasteiger partial charge >= 0.3 is 0 Å². The van der Waals surface area contributed by atoms with Crippen LogP contribution >= 0.6 is 15.9 Å². The molecule has 0 bridgehead atoms. The first-order chi connectivity index (χ1) is 9.08. The van der Waals surface area contributed by atoms with Crippen molar-refractivity contribution in [3.05, 3.63) is 28.2 Å². The second-order valence-electron chi connectivity index (χ2n) is 4.59. The van der Waals surface area contributed by atoms with Gasteiger partial charge in [-0.3, -0.25) is 4.79 Å². The maximum absolute atomic E-state index is 13.5. The van der Waals surface area contributed by atoms with Crippen molar-refractivity contribution in [3.8, 4) is 0 Å². The summed E-state index contributed by atoms with van der Waals surface area (Å²) in [6.07, 6.45) is 3.84. The molecule has 1 saturated heterocycles. The second-order valence-corrected chi connectivity index (χ2v) is 5.45. The van der Waals surface area contributed by atoms with Gasteiger partial charge < -0.3 is 10.6 Å². The zero-order valence-corrected chi connectivity index (χ0v) is 11.9. The fourth-order valence-electron chi connectivity index (χ4n) is 2.09. The topological polar surface area (TPSA) is 41.1 Å². The predicted octanol–water partition coefficient (Wildman–Crippen LogP) is 3.20. The van der Waals surface area contributed by atoms with E-state index in [2.05, 4.69) is 26.6 Å². The summed E-state index contributed by atoms with van der Waals surface area (Å²) in [7, 11) is 0. The third-order valence-corrected chi connectivity index (χ3v) is 3.75. The molecule has 1 fully saturated rings. The molecule has 0 spiro atoms. The normalized spacial score (nSPS) is 19.8. The minimum atomic E-state index is -0.775. The zero-order valence-electron chi connectivity index (χ0n) is 10.3. The van der Waals surface area contributed by atoms with Crippen LogP contribution in [0.1, 0.15) is 25.7 Å². The average molecular weight is 333 g/mol. The summed E-state index contributed by atoms with van der Waals surface area (Å²) in [6, 6.07) is 1.67. The highest BCUT2D eigenvalue weighted by atomic mass is 79.9. The largest absolute Gasteiger partial charge is 0.322 e. The molecule has 1 aliphatic rings. The molecule has 0 radical (unpaired) electrons. The van der Waals surface area contributed by atoms with E-state index in [1.165, 1.54) is 6.07 Å². The standard InChI is InChI=1S/C13H15BrF2N2O/c14-8-6-12(10(16)7-9(8)15)18-13(19)11-4-2-1-3-5-17-11/h6-7,11,17H,1-5H2,(H,18,19). The van der Waals surface area contributed by atoms with Gasteiger partial charge in [-0.1, -0.05) is 12.8 Å². The first kappa shape index (κ1) is 14.4. The van der Waals surface area contributed by atoms with Crippen LogP contribution in [-0.2, 0) is 4.79 Å². The van der Waals surface area contributed by atoms with E-state index in [0.717, 1.165) is 38.3 Å². The summed E-state index contributed by atoms with van der Waals surface area (Å²) in [5, 5.41) is 5.63. The Morgan fingerprint density at radius 3 is 2.84 bits per heavy atom. The number of hydrogen-bond acceptors (Lipinski definition) is 2. The van der Waals surface area contributed by atoms with Crippen molar-refractivity contribution in [3.63, 3.8) is 0 Å². The van der Waals surface area contributed by atoms with Crippen molar-refractivity contribution in [2.24, 2.45) is 0 Å². The highest BCUT2D eigenvalue weighted by Crippen LogP contribution is 2.24. The lowest BCUT2D eigenvalue weighted by atomic mass is 10.1. The van der Waals surface area contributed by atoms with E-state index in [1.807, 2.05) is 0 Å². The second kappa shape index (κ2) is 6.43. The number of hydrogen-bond donors (Lipinski definition) is 2. The summed E-state index contributed by atoms with van der Waals surface area (Å²) < 4.78 is 26.8. The molecule has 1 aromatic carbocycles. The molecule has 19 heavy (non-hydrogen) atoms. The number of anilines is 1. The molecular weight excluding hydrogens is 318 g/mol. The van der Waals surface area contributed by atoms with Crippen LogP contribution in [0.4, 0.5) is 14.5 Å². The molecule has 1 aromatic rings. The number of carbonyl (C=O) groups excluding carboxylic acids is 1. The van der Waals surface area contributed by atoms with Gasteiger partial charge in [0.15, 0.2) is 0 Å². The first-order valence-corrected chi connectivity index (χ1v) is 7.06. The maximum atomic E-state index is 13.5. The van der Waals surface area contributed by atoms with Crippen LogP contribution in [0, 0.1) is 11.6 Å². The van der Waals surface area contributed by atoms with Crippen LogP contribution in [-0.4, -0.2) is 18.5 Å². The smallest absolute Gasteiger partial charge is 0.241 e. The molecule has 1 aliphatic heterocycles. The third kappa shape index (κ3) is 3.73. The Morgan fingerprint density at radius 1 is 1.26 bits per heavy atom. The Morgan fingerprint density at radius 2 is 2.05 bits per heavy atom. The van der Waals surface area contributed by atoms with Crippen LogP contribution in [0.15, 0.2) is 16.6 Å². The van der Waals surface area contributed by atoms with Crippen LogP contribution < -0.4 is 10.6 Å². The van der Waals surface area contributed by atoms with E-state index in [1.54, 1.807) is 0 Å². The maximum Gasteiger partial charge on any atom is 0.241 e. The summed E-state index contributed by atoms with van der Waals surface area (Å²) in [4.78, 5) is 12.0. The van der Waals surface area contributed by atoms with Crippen molar-refractivity contribution in [1.29, 1.82) is 0 Å². The Labute approximate surface area is 118 Å². The highest BCUT2D eigenvalue weighted by molar-refractivity contribution is 9.10. The van der Waals surface area contributed by atoms with Crippen LogP contribution in [0.2, 0.25) is 0 Å². The molecule has 0 aliphatic carbocycles. The Hall–Kier alpha value is -1.01. The monoisotopic (exact) mass is 332 g/mol. The predicted molar refractivity (Wildman–Crippen MR) is 72.9 cm³/mol. The van der Waals surface area contributed by atoms with Gasteiger partial charge in [-0.25, -0.2) is 8.78 Å². The number of halogens is 3. The van der Waals surface area contributed by atoms with Crippen molar-refractivity contribution < 1.29 is 13.6 Å². The van der Waals surface area contributed by atoms with Gasteiger partial charge in [0.25, 0.3) is 0 Å². The fourth-order valence-corrected chi connectivity index (χ4v) is 2.43. The molecule has 0 aromatic heterocycles. The lowest BCUT2D eigenvalue weighted by Crippen LogP contribution is -2.40. The zero-order chi connectivity index (χ0) is 13.8. The van der Waals surface area contributed by atoms with E-state index >= 15 is 0 Å². The molecule has 0 saturated carbocycles. The molecule has 104 valence electrons. The number of amides is 1. The quantitative estimate of drug-likeness (QED) is 0.816. The molecule has 2 N–H and O–H groups in total. The molecule has 3 nitrogen and oxygen atoms in total. The van der Waals surface area contributed by atoms with Gasteiger partial charge in [-0.05, 0) is 41.4 Å². The van der Waals surface area contributed by atoms with Crippen LogP contribution in [0.3, 0.4) is 0 Å². The lowest BCUT2D eigenvalue weighted by molar-refractivity contribution is -0.118. The average Bonchev–Trinajstić information content (AvgIpc) is 2.64. The summed E-state index contributed by atoms with van der Waals surface area (Å²) >= 11 is 2.97. The van der Waals surface area contributed by atoms with E-state index in [9.17, 15) is 13.6 Å². The van der Waals surface area contributed by atoms with Crippen molar-refractivity contribution in [2.45, 2.75) is 31.7 Å². The fraction of sp³-hybridized carbons (Fsp3) is 0.462. The molecule has 1 unspecified atom stereocenters. The first-order valence-electron chi connectivity index (χ1n) is 6.26. The summed E-state index contributed by atoms with van der Waals surface area (Å²) in [5.41, 5.74) is -0.00989. The van der Waals surface area contributed by atoms with E-state index in [0.29, 0.717) is 0 Å². The van der Waals surface area contributed by atoms with Gasteiger partial charge in [0.1, 0.15) is 11.6 Å². The molecule has 1 amide bonds. The Balaban J connectivity index is 2.07. The lowest BCUT2D eigenvalue weighted by Gasteiger charge is -2.16. The molecule has 2 rings (SSSR count). The van der Waals surface area contributed by atoms with Gasteiger partial charge in [0.2, 0.25) is 5.91 Å². The molecule has 6 heteroatoms. The van der Waals surface area contributed by atoms with E-state index in [4.69, 9.17) is 0 Å². The van der Waals surface area contributed by atoms with E-state index < -0.39 is 11.6 Å². The molecule has 1 atom stereocenters. The Bertz CT molecular complexity index is 474. The van der Waals surface area contributed by atoms with Crippen molar-refractivity contribution >= 4 is 27.5 Å². The number of benzene rings is 1. The minimum Gasteiger partial charge on any atom is -0.322 e. The van der Waals surface area contributed by atoms with Crippen LogP contribution in [0.25, 0.3) is 0 Å². The third-order valence-electron chi connectivity index (χ3n) is 3.14. The summed E-state index contributed by atoms with van der Waals surface area (Å²) in [5.74, 6) is -1.75. The van der Waals surface area contributed by atoms with Gasteiger partial charge in [-0.15, -0.1) is 0 Å². The highest BCUT2D eigenvalue weighted by Gasteiger charge is 2.21. The number of carbonyl (C=O) groups is 1. The molecular formula is C13H15BrF2N2O. The minimum absolute atomic E-state index is 0.00989. The summed E-state index contributed by atoms with van der Waals surface area (Å²) in [6.45, 7) is 0.785. The van der Waals surface area contributed by atoms with Gasteiger partial charge in [0, 0.05) is 6.07 Å². The number of rotatable bonds is 2. The molecule has 1 heterocycles. The SMILES string of the molecule is O=C(Nc1cc(Br)c(F)cc1F)C1CCCCCN1. The Kier molecular flexibility index (Phi) is 4.87. The van der Waals surface area contributed by atoms with Crippen molar-refractivity contribution in [1.82, 2.24) is 5.32 Å². The van der Waals surface area contributed by atoms with E-state index in [-0.39, 0.29) is 22.1 Å².